The monoisotopic (exact) mass is 984 g/mol. The van der Waals surface area contributed by atoms with E-state index in [4.69, 9.17) is 9.97 Å². The maximum Gasteiger partial charge on any atom is 0.327 e. The standard InChI is InChI=1S/C45H53BrN4.4ClH.2Ni/c1-12-49(42-18-14-16-20-47-42)44-36(28(3)4)22-33(23-37(44)29(5)6)40-26-35(46)27-41(32(40)11)34-24-38(30(7)8)45(39(25-34)31(9)10)50(13-2)43-19-15-17-21-48-43;;;;;;/h12-31H,1-11H3;4*1H;;/q+2;;;;;;/p-4. The predicted molar refractivity (Wildman–Crippen MR) is 221 cm³/mol. The molecule has 5 aromatic rings. The zero-order valence-electron chi connectivity index (χ0n) is 33.9. The molecule has 0 saturated heterocycles. The van der Waals surface area contributed by atoms with Gasteiger partial charge in [0.05, 0.1) is 12.4 Å². The van der Waals surface area contributed by atoms with E-state index in [1.54, 1.807) is 0 Å². The van der Waals surface area contributed by atoms with Gasteiger partial charge in [-0.2, -0.15) is 0 Å². The number of pyridine rings is 2. The third-order valence-electron chi connectivity index (χ3n) is 9.61. The number of hydrogen-bond donors (Lipinski definition) is 0. The second kappa shape index (κ2) is 24.8. The van der Waals surface area contributed by atoms with Gasteiger partial charge >= 0.3 is 11.6 Å². The second-order valence-corrected chi connectivity index (χ2v) is 15.3. The first kappa shape index (κ1) is 56.0. The molecule has 0 fully saturated rings. The molecule has 2 aromatic heterocycles. The Labute approximate surface area is 389 Å². The topological polar surface area (TPSA) is 31.8 Å². The first-order valence-corrected chi connectivity index (χ1v) is 18.8. The minimum absolute atomic E-state index is 0. The Kier molecular flexibility index (Phi) is 24.8. The minimum Gasteiger partial charge on any atom is -1.00 e. The normalized spacial score (nSPS) is 11.2. The fourth-order valence-corrected chi connectivity index (χ4v) is 7.47. The van der Waals surface area contributed by atoms with E-state index in [2.05, 4.69) is 174 Å². The number of hydrogen-bond acceptors (Lipinski definition) is 2. The summed E-state index contributed by atoms with van der Waals surface area (Å²) in [5, 5.41) is 0. The summed E-state index contributed by atoms with van der Waals surface area (Å²) < 4.78 is 5.60. The van der Waals surface area contributed by atoms with Crippen molar-refractivity contribution in [2.75, 3.05) is 0 Å². The van der Waals surface area contributed by atoms with Crippen molar-refractivity contribution in [2.24, 2.45) is 0 Å². The zero-order chi connectivity index (χ0) is 36.3. The van der Waals surface area contributed by atoms with Gasteiger partial charge in [-0.25, -0.2) is 9.15 Å². The number of benzene rings is 3. The van der Waals surface area contributed by atoms with Crippen LogP contribution < -0.4 is 58.8 Å². The van der Waals surface area contributed by atoms with Crippen molar-refractivity contribution in [3.63, 3.8) is 0 Å². The average molecular weight is 989 g/mol. The second-order valence-electron chi connectivity index (χ2n) is 14.4. The summed E-state index contributed by atoms with van der Waals surface area (Å²) >= 11 is 3.95. The van der Waals surface area contributed by atoms with E-state index in [1.165, 1.54) is 61.4 Å². The van der Waals surface area contributed by atoms with E-state index in [0.717, 1.165) is 16.1 Å². The van der Waals surface area contributed by atoms with Gasteiger partial charge in [-0.1, -0.05) is 83.5 Å². The molecule has 0 amide bonds. The third-order valence-corrected chi connectivity index (χ3v) is 10.1. The molecule has 56 heavy (non-hydrogen) atoms. The molecule has 0 atom stereocenters. The van der Waals surface area contributed by atoms with Gasteiger partial charge < -0.3 is 49.6 Å². The van der Waals surface area contributed by atoms with Crippen molar-refractivity contribution in [3.8, 4) is 22.3 Å². The Morgan fingerprint density at radius 3 is 1.05 bits per heavy atom. The molecule has 2 heterocycles. The number of aromatic nitrogens is 2. The van der Waals surface area contributed by atoms with Gasteiger partial charge in [0.1, 0.15) is 23.8 Å². The quantitative estimate of drug-likeness (QED) is 0.120. The van der Waals surface area contributed by atoms with E-state index >= 15 is 0 Å². The number of nitrogens with zero attached hydrogens (tertiary/aromatic N) is 4. The Morgan fingerprint density at radius 1 is 0.518 bits per heavy atom. The van der Waals surface area contributed by atoms with Gasteiger partial charge in [0.15, 0.2) is 0 Å². The Hall–Kier alpha value is -2.07. The Morgan fingerprint density at radius 2 is 0.821 bits per heavy atom. The Bertz CT molecular complexity index is 1870. The molecule has 3 aromatic carbocycles. The van der Waals surface area contributed by atoms with Gasteiger partial charge in [-0.05, 0) is 131 Å². The van der Waals surface area contributed by atoms with Crippen molar-refractivity contribution in [1.29, 1.82) is 0 Å². The molecule has 0 radical (unpaired) electrons. The molecule has 4 nitrogen and oxygen atoms in total. The van der Waals surface area contributed by atoms with Crippen molar-refractivity contribution < 1.29 is 82.6 Å². The molecule has 0 saturated carbocycles. The van der Waals surface area contributed by atoms with Crippen molar-refractivity contribution in [3.05, 3.63) is 117 Å². The van der Waals surface area contributed by atoms with E-state index in [9.17, 15) is 0 Å². The van der Waals surface area contributed by atoms with E-state index < -0.39 is 0 Å². The van der Waals surface area contributed by atoms with Crippen LogP contribution in [0.2, 0.25) is 0 Å². The Balaban J connectivity index is 0. The SMILES string of the molecule is CC=[N+](c1ccccn1)c1c(C(C)C)cc(-c2cc(Br)cc(-c3cc(C(C)C)c([N+](=CC)c4ccccn4)c(C(C)C)c3)c2C)cc1C(C)C.[Cl-].[Cl-].[Cl-].[Cl-].[Ni].[Ni]. The molecule has 0 spiro atoms. The van der Waals surface area contributed by atoms with Gasteiger partial charge in [0.25, 0.3) is 0 Å². The summed E-state index contributed by atoms with van der Waals surface area (Å²) in [6.07, 6.45) is 8.03. The summed E-state index contributed by atoms with van der Waals surface area (Å²) in [6, 6.07) is 26.5. The summed E-state index contributed by atoms with van der Waals surface area (Å²) in [5.41, 5.74) is 14.0. The predicted octanol–water partition coefficient (Wildman–Crippen LogP) is 1.24. The molecule has 310 valence electrons. The molecule has 11 heteroatoms. The van der Waals surface area contributed by atoms with Crippen LogP contribution in [0.3, 0.4) is 0 Å². The van der Waals surface area contributed by atoms with E-state index in [-0.39, 0.29) is 82.6 Å². The van der Waals surface area contributed by atoms with Crippen LogP contribution in [0.1, 0.15) is 121 Å². The fourth-order valence-electron chi connectivity index (χ4n) is 7.01. The third kappa shape index (κ3) is 12.0. The van der Waals surface area contributed by atoms with Gasteiger partial charge in [-0.3, -0.25) is 0 Å². The minimum atomic E-state index is 0. The zero-order valence-corrected chi connectivity index (χ0v) is 40.4. The molecule has 0 aliphatic heterocycles. The molecular weight excluding hydrogens is 936 g/mol. The maximum absolute atomic E-state index is 4.74. The van der Waals surface area contributed by atoms with Crippen LogP contribution in [0.15, 0.2) is 89.7 Å². The van der Waals surface area contributed by atoms with Crippen molar-refractivity contribution in [1.82, 2.24) is 19.1 Å². The molecule has 0 N–H and O–H groups in total. The van der Waals surface area contributed by atoms with Gasteiger partial charge in [-0.15, -0.1) is 0 Å². The molecular formula is C45H53BrCl4N4Ni2-2. The van der Waals surface area contributed by atoms with Gasteiger partial charge in [0, 0.05) is 71.8 Å². The first-order valence-electron chi connectivity index (χ1n) is 18.0. The van der Waals surface area contributed by atoms with Crippen molar-refractivity contribution >= 4 is 51.4 Å². The first-order chi connectivity index (χ1) is 23.9. The maximum atomic E-state index is 4.74. The largest absolute Gasteiger partial charge is 1.00 e. The smallest absolute Gasteiger partial charge is 0.327 e. The summed E-state index contributed by atoms with van der Waals surface area (Å²) in [4.78, 5) is 9.47. The van der Waals surface area contributed by atoms with Crippen LogP contribution in [0.25, 0.3) is 22.3 Å². The summed E-state index contributed by atoms with van der Waals surface area (Å²) in [5.74, 6) is 3.11. The van der Waals surface area contributed by atoms with Crippen LogP contribution in [-0.4, -0.2) is 22.4 Å². The van der Waals surface area contributed by atoms with E-state index in [1.807, 2.05) is 24.5 Å². The molecule has 5 rings (SSSR count). The van der Waals surface area contributed by atoms with Crippen molar-refractivity contribution in [2.45, 2.75) is 99.8 Å². The number of rotatable bonds is 10. The van der Waals surface area contributed by atoms with Gasteiger partial charge in [0.2, 0.25) is 0 Å². The summed E-state index contributed by atoms with van der Waals surface area (Å²) in [6.45, 7) is 24.8. The van der Waals surface area contributed by atoms with Crippen LogP contribution in [0.4, 0.5) is 23.0 Å². The van der Waals surface area contributed by atoms with Crippen LogP contribution in [0.5, 0.6) is 0 Å². The molecule has 0 bridgehead atoms. The number of halogens is 5. The average Bonchev–Trinajstić information content (AvgIpc) is 3.10. The van der Waals surface area contributed by atoms with Crippen LogP contribution in [0, 0.1) is 6.92 Å². The van der Waals surface area contributed by atoms with E-state index in [0.29, 0.717) is 23.7 Å². The van der Waals surface area contributed by atoms with Crippen LogP contribution in [-0.2, 0) is 33.0 Å². The van der Waals surface area contributed by atoms with Crippen LogP contribution >= 0.6 is 15.9 Å². The molecule has 0 aliphatic carbocycles. The molecule has 0 aliphatic rings. The molecule has 0 unspecified atom stereocenters. The summed E-state index contributed by atoms with van der Waals surface area (Å²) in [7, 11) is 0. The fraction of sp³-hybridized carbons (Fsp3) is 0.333.